The zero-order chi connectivity index (χ0) is 19.0. The van der Waals surface area contributed by atoms with E-state index >= 15 is 0 Å². The number of hydrogen-bond donors (Lipinski definition) is 1. The molecule has 3 aromatic rings. The van der Waals surface area contributed by atoms with Crippen molar-refractivity contribution in [1.82, 2.24) is 5.32 Å². The first-order chi connectivity index (χ1) is 13.8. The van der Waals surface area contributed by atoms with Crippen molar-refractivity contribution in [2.45, 2.75) is 30.7 Å². The van der Waals surface area contributed by atoms with Crippen LogP contribution in [-0.4, -0.2) is 19.7 Å². The van der Waals surface area contributed by atoms with Gasteiger partial charge in [-0.1, -0.05) is 66.7 Å². The van der Waals surface area contributed by atoms with Crippen LogP contribution in [0.5, 0.6) is 5.75 Å². The normalized spacial score (nSPS) is 22.8. The number of piperidine rings is 1. The molecule has 1 fully saturated rings. The zero-order valence-corrected chi connectivity index (χ0v) is 16.4. The Morgan fingerprint density at radius 1 is 0.893 bits per heavy atom. The van der Waals surface area contributed by atoms with E-state index in [1.807, 2.05) is 0 Å². The summed E-state index contributed by atoms with van der Waals surface area (Å²) in [4.78, 5) is 0. The van der Waals surface area contributed by atoms with E-state index in [9.17, 15) is 0 Å². The van der Waals surface area contributed by atoms with Crippen molar-refractivity contribution in [1.29, 1.82) is 0 Å². The molecule has 28 heavy (non-hydrogen) atoms. The predicted octanol–water partition coefficient (Wildman–Crippen LogP) is 4.95. The molecule has 1 saturated heterocycles. The molecule has 0 bridgehead atoms. The molecule has 0 amide bonds. The first-order valence-electron chi connectivity index (χ1n) is 10.4. The van der Waals surface area contributed by atoms with Gasteiger partial charge in [0, 0.05) is 11.5 Å². The van der Waals surface area contributed by atoms with Gasteiger partial charge in [-0.05, 0) is 66.1 Å². The lowest BCUT2D eigenvalue weighted by atomic mass is 9.53. The quantitative estimate of drug-likeness (QED) is 0.705. The first kappa shape index (κ1) is 17.5. The van der Waals surface area contributed by atoms with Gasteiger partial charge in [-0.3, -0.25) is 0 Å². The van der Waals surface area contributed by atoms with Gasteiger partial charge in [-0.2, -0.15) is 0 Å². The third-order valence-corrected chi connectivity index (χ3v) is 6.78. The molecular formula is C26H27NO. The highest BCUT2D eigenvalue weighted by atomic mass is 16.5. The van der Waals surface area contributed by atoms with Crippen LogP contribution in [0.25, 0.3) is 0 Å². The van der Waals surface area contributed by atoms with Crippen molar-refractivity contribution in [3.63, 3.8) is 0 Å². The van der Waals surface area contributed by atoms with Crippen LogP contribution >= 0.6 is 0 Å². The van der Waals surface area contributed by atoms with E-state index in [0.717, 1.165) is 18.7 Å². The molecule has 2 aliphatic rings. The Kier molecular flexibility index (Phi) is 4.44. The lowest BCUT2D eigenvalue weighted by Gasteiger charge is -2.52. The van der Waals surface area contributed by atoms with Gasteiger partial charge in [-0.15, -0.1) is 0 Å². The second-order valence-corrected chi connectivity index (χ2v) is 8.08. The molecule has 2 nitrogen and oxygen atoms in total. The van der Waals surface area contributed by atoms with Crippen LogP contribution in [0.4, 0.5) is 0 Å². The van der Waals surface area contributed by atoms with E-state index in [-0.39, 0.29) is 5.41 Å². The summed E-state index contributed by atoms with van der Waals surface area (Å²) in [5, 5.41) is 3.85. The molecule has 5 rings (SSSR count). The molecule has 0 aromatic heterocycles. The number of nitrogens with one attached hydrogen (secondary N) is 1. The van der Waals surface area contributed by atoms with Crippen molar-refractivity contribution in [3.8, 4) is 5.75 Å². The summed E-state index contributed by atoms with van der Waals surface area (Å²) in [6.45, 7) is 1.12. The third-order valence-electron chi connectivity index (χ3n) is 6.78. The van der Waals surface area contributed by atoms with Crippen molar-refractivity contribution in [2.24, 2.45) is 5.92 Å². The minimum absolute atomic E-state index is 0.164. The summed E-state index contributed by atoms with van der Waals surface area (Å²) in [7, 11) is 1.77. The van der Waals surface area contributed by atoms with E-state index in [4.69, 9.17) is 4.74 Å². The second-order valence-electron chi connectivity index (χ2n) is 8.08. The average molecular weight is 370 g/mol. The highest BCUT2D eigenvalue weighted by Crippen LogP contribution is 2.53. The van der Waals surface area contributed by atoms with Gasteiger partial charge in [0.05, 0.1) is 7.11 Å². The molecule has 1 aliphatic carbocycles. The molecule has 1 N–H and O–H groups in total. The van der Waals surface area contributed by atoms with Crippen molar-refractivity contribution in [3.05, 3.63) is 101 Å². The monoisotopic (exact) mass is 369 g/mol. The zero-order valence-electron chi connectivity index (χ0n) is 16.4. The minimum Gasteiger partial charge on any atom is -0.497 e. The standard InChI is InChI=1S/C26H27NO/c1-28-22-15-14-19-17-25-23(13-8-16-27-25)26(24(19)18-22,20-9-4-2-5-10-20)21-11-6-3-7-12-21/h2-7,9-12,14-15,18,23,25,27H,8,13,16-17H2,1H3. The van der Waals surface area contributed by atoms with Crippen LogP contribution in [-0.2, 0) is 11.8 Å². The Labute approximate surface area is 167 Å². The molecule has 0 saturated carbocycles. The first-order valence-corrected chi connectivity index (χ1v) is 10.4. The second kappa shape index (κ2) is 7.10. The van der Waals surface area contributed by atoms with Crippen molar-refractivity contribution in [2.75, 3.05) is 13.7 Å². The average Bonchev–Trinajstić information content (AvgIpc) is 2.78. The number of fused-ring (bicyclic) bond motifs is 2. The van der Waals surface area contributed by atoms with E-state index in [0.29, 0.717) is 12.0 Å². The van der Waals surface area contributed by atoms with Gasteiger partial charge in [0.15, 0.2) is 0 Å². The maximum absolute atomic E-state index is 5.67. The van der Waals surface area contributed by atoms with Crippen LogP contribution < -0.4 is 10.1 Å². The van der Waals surface area contributed by atoms with Gasteiger partial charge in [0.1, 0.15) is 5.75 Å². The van der Waals surface area contributed by atoms with E-state index < -0.39 is 0 Å². The SMILES string of the molecule is COc1ccc2c(c1)C(c1ccccc1)(c1ccccc1)C1CCCNC1C2. The van der Waals surface area contributed by atoms with Crippen molar-refractivity contribution >= 4 is 0 Å². The fraction of sp³-hybridized carbons (Fsp3) is 0.308. The maximum Gasteiger partial charge on any atom is 0.119 e. The van der Waals surface area contributed by atoms with Crippen LogP contribution in [0.1, 0.15) is 35.1 Å². The number of rotatable bonds is 3. The summed E-state index contributed by atoms with van der Waals surface area (Å²) in [5.41, 5.74) is 5.45. The van der Waals surface area contributed by atoms with Crippen molar-refractivity contribution < 1.29 is 4.74 Å². The largest absolute Gasteiger partial charge is 0.497 e. The van der Waals surface area contributed by atoms with Crippen LogP contribution in [0.2, 0.25) is 0 Å². The van der Waals surface area contributed by atoms with Gasteiger partial charge in [-0.25, -0.2) is 0 Å². The Bertz CT molecular complexity index is 911. The lowest BCUT2D eigenvalue weighted by molar-refractivity contribution is 0.195. The molecule has 1 heterocycles. The third kappa shape index (κ3) is 2.59. The Hall–Kier alpha value is -2.58. The molecule has 1 aliphatic heterocycles. The fourth-order valence-corrected chi connectivity index (χ4v) is 5.66. The van der Waals surface area contributed by atoms with Crippen LogP contribution in [0, 0.1) is 5.92 Å². The van der Waals surface area contributed by atoms with E-state index in [1.165, 1.54) is 35.1 Å². The molecule has 142 valence electrons. The molecule has 0 radical (unpaired) electrons. The van der Waals surface area contributed by atoms with Crippen LogP contribution in [0.15, 0.2) is 78.9 Å². The number of ether oxygens (including phenoxy) is 1. The molecule has 0 spiro atoms. The number of methoxy groups -OCH3 is 1. The lowest BCUT2D eigenvalue weighted by Crippen LogP contribution is -2.56. The molecule has 3 aromatic carbocycles. The predicted molar refractivity (Wildman–Crippen MR) is 114 cm³/mol. The molecule has 2 unspecified atom stereocenters. The van der Waals surface area contributed by atoms with Gasteiger partial charge in [0.25, 0.3) is 0 Å². The Morgan fingerprint density at radius 3 is 2.21 bits per heavy atom. The topological polar surface area (TPSA) is 21.3 Å². The fourth-order valence-electron chi connectivity index (χ4n) is 5.66. The summed E-state index contributed by atoms with van der Waals surface area (Å²) in [6.07, 6.45) is 3.55. The Balaban J connectivity index is 1.87. The summed E-state index contributed by atoms with van der Waals surface area (Å²) in [6, 6.07) is 29.4. The highest BCUT2D eigenvalue weighted by molar-refractivity contribution is 5.58. The van der Waals surface area contributed by atoms with Gasteiger partial charge in [0.2, 0.25) is 0 Å². The van der Waals surface area contributed by atoms with E-state index in [1.54, 1.807) is 7.11 Å². The van der Waals surface area contributed by atoms with Gasteiger partial charge >= 0.3 is 0 Å². The Morgan fingerprint density at radius 2 is 1.57 bits per heavy atom. The smallest absolute Gasteiger partial charge is 0.119 e. The summed E-state index contributed by atoms with van der Waals surface area (Å²) < 4.78 is 5.67. The highest BCUT2D eigenvalue weighted by Gasteiger charge is 2.51. The molecular weight excluding hydrogens is 342 g/mol. The number of hydrogen-bond acceptors (Lipinski definition) is 2. The molecule has 2 heteroatoms. The van der Waals surface area contributed by atoms with Crippen LogP contribution in [0.3, 0.4) is 0 Å². The summed E-state index contributed by atoms with van der Waals surface area (Å²) in [5.74, 6) is 1.46. The minimum atomic E-state index is -0.164. The summed E-state index contributed by atoms with van der Waals surface area (Å²) >= 11 is 0. The number of benzene rings is 3. The molecule has 2 atom stereocenters. The maximum atomic E-state index is 5.67. The van der Waals surface area contributed by atoms with Gasteiger partial charge < -0.3 is 10.1 Å². The van der Waals surface area contributed by atoms with E-state index in [2.05, 4.69) is 84.2 Å².